The van der Waals surface area contributed by atoms with Gasteiger partial charge in [0.15, 0.2) is 0 Å². The van der Waals surface area contributed by atoms with Crippen LogP contribution in [0.3, 0.4) is 0 Å². The maximum absolute atomic E-state index is 11.4. The van der Waals surface area contributed by atoms with E-state index in [0.29, 0.717) is 5.56 Å². The Morgan fingerprint density at radius 1 is 0.900 bits per heavy atom. The Morgan fingerprint density at radius 2 is 1.60 bits per heavy atom. The number of benzene rings is 2. The van der Waals surface area contributed by atoms with Crippen LogP contribution in [0.4, 0.5) is 0 Å². The molecule has 0 fully saturated rings. The van der Waals surface area contributed by atoms with Crippen molar-refractivity contribution in [2.75, 3.05) is 21.3 Å². The van der Waals surface area contributed by atoms with Gasteiger partial charge in [0.2, 0.25) is 0 Å². The molecule has 0 aliphatic heterocycles. The van der Waals surface area contributed by atoms with E-state index in [1.165, 1.54) is 7.11 Å². The maximum atomic E-state index is 11.4. The number of hydrogen-bond donors (Lipinski definition) is 0. The van der Waals surface area contributed by atoms with Gasteiger partial charge in [-0.05, 0) is 29.8 Å². The van der Waals surface area contributed by atoms with Crippen molar-refractivity contribution in [3.8, 4) is 22.6 Å². The summed E-state index contributed by atoms with van der Waals surface area (Å²) in [5.74, 6) is 1.10. The summed E-state index contributed by atoms with van der Waals surface area (Å²) in [5.41, 5.74) is 2.41. The zero-order valence-corrected chi connectivity index (χ0v) is 11.7. The number of carbonyl (C=O) groups excluding carboxylic acids is 1. The minimum absolute atomic E-state index is 0.349. The molecule has 104 valence electrons. The first kappa shape index (κ1) is 13.9. The molecule has 0 saturated carbocycles. The standard InChI is InChI=1S/C16H16O4/c1-18-13-8-9-14(15(10-13)19-2)11-4-6-12(7-5-11)16(17)20-3/h4-10H,1-3H3. The summed E-state index contributed by atoms with van der Waals surface area (Å²) in [6, 6.07) is 12.8. The van der Waals surface area contributed by atoms with Crippen molar-refractivity contribution in [2.45, 2.75) is 0 Å². The zero-order valence-electron chi connectivity index (χ0n) is 11.7. The van der Waals surface area contributed by atoms with E-state index in [1.54, 1.807) is 26.4 Å². The van der Waals surface area contributed by atoms with E-state index in [1.807, 2.05) is 30.3 Å². The Morgan fingerprint density at radius 3 is 2.15 bits per heavy atom. The van der Waals surface area contributed by atoms with Crippen molar-refractivity contribution in [3.63, 3.8) is 0 Å². The van der Waals surface area contributed by atoms with Gasteiger partial charge in [-0.15, -0.1) is 0 Å². The van der Waals surface area contributed by atoms with E-state index in [-0.39, 0.29) is 5.97 Å². The van der Waals surface area contributed by atoms with Crippen LogP contribution in [-0.4, -0.2) is 27.3 Å². The van der Waals surface area contributed by atoms with Gasteiger partial charge in [0.1, 0.15) is 11.5 Å². The maximum Gasteiger partial charge on any atom is 0.337 e. The average molecular weight is 272 g/mol. The summed E-state index contributed by atoms with van der Waals surface area (Å²) in [7, 11) is 4.59. The molecule has 0 amide bonds. The molecule has 2 aromatic carbocycles. The molecule has 20 heavy (non-hydrogen) atoms. The first-order chi connectivity index (χ1) is 9.69. The molecule has 0 aliphatic rings. The van der Waals surface area contributed by atoms with Crippen molar-refractivity contribution >= 4 is 5.97 Å². The summed E-state index contributed by atoms with van der Waals surface area (Å²) in [4.78, 5) is 11.4. The fourth-order valence-electron chi connectivity index (χ4n) is 1.94. The molecule has 2 aromatic rings. The monoisotopic (exact) mass is 272 g/mol. The second-order valence-electron chi connectivity index (χ2n) is 4.14. The van der Waals surface area contributed by atoms with Crippen LogP contribution in [0.15, 0.2) is 42.5 Å². The molecule has 0 saturated heterocycles. The lowest BCUT2D eigenvalue weighted by Crippen LogP contribution is -2.00. The van der Waals surface area contributed by atoms with Crippen LogP contribution >= 0.6 is 0 Å². The van der Waals surface area contributed by atoms with Crippen molar-refractivity contribution in [1.29, 1.82) is 0 Å². The van der Waals surface area contributed by atoms with Crippen LogP contribution in [0.5, 0.6) is 11.5 Å². The van der Waals surface area contributed by atoms with Crippen LogP contribution in [0, 0.1) is 0 Å². The first-order valence-corrected chi connectivity index (χ1v) is 6.10. The normalized spacial score (nSPS) is 9.95. The third kappa shape index (κ3) is 2.74. The third-order valence-electron chi connectivity index (χ3n) is 3.03. The van der Waals surface area contributed by atoms with E-state index >= 15 is 0 Å². The summed E-state index contributed by atoms with van der Waals surface area (Å²) in [6.45, 7) is 0. The second-order valence-corrected chi connectivity index (χ2v) is 4.14. The third-order valence-corrected chi connectivity index (χ3v) is 3.03. The summed E-state index contributed by atoms with van der Waals surface area (Å²) >= 11 is 0. The molecule has 0 atom stereocenters. The van der Waals surface area contributed by atoms with Crippen LogP contribution in [-0.2, 0) is 4.74 Å². The van der Waals surface area contributed by atoms with E-state index < -0.39 is 0 Å². The van der Waals surface area contributed by atoms with Gasteiger partial charge in [-0.1, -0.05) is 12.1 Å². The topological polar surface area (TPSA) is 44.8 Å². The highest BCUT2D eigenvalue weighted by molar-refractivity contribution is 5.90. The lowest BCUT2D eigenvalue weighted by molar-refractivity contribution is 0.0601. The number of ether oxygens (including phenoxy) is 3. The smallest absolute Gasteiger partial charge is 0.337 e. The van der Waals surface area contributed by atoms with Gasteiger partial charge in [-0.3, -0.25) is 0 Å². The number of carbonyl (C=O) groups is 1. The van der Waals surface area contributed by atoms with Crippen molar-refractivity contribution in [1.82, 2.24) is 0 Å². The molecular weight excluding hydrogens is 256 g/mol. The molecule has 4 heteroatoms. The molecule has 0 aromatic heterocycles. The first-order valence-electron chi connectivity index (χ1n) is 6.10. The Labute approximate surface area is 117 Å². The average Bonchev–Trinajstić information content (AvgIpc) is 2.53. The Bertz CT molecular complexity index is 602. The molecule has 0 heterocycles. The van der Waals surface area contributed by atoms with E-state index in [0.717, 1.165) is 22.6 Å². The van der Waals surface area contributed by atoms with E-state index in [9.17, 15) is 4.79 Å². The molecular formula is C16H16O4. The fraction of sp³-hybridized carbons (Fsp3) is 0.188. The molecule has 0 spiro atoms. The molecule has 0 radical (unpaired) electrons. The van der Waals surface area contributed by atoms with Crippen LogP contribution in [0.2, 0.25) is 0 Å². The quantitative estimate of drug-likeness (QED) is 0.802. The highest BCUT2D eigenvalue weighted by atomic mass is 16.5. The van der Waals surface area contributed by atoms with Gasteiger partial charge in [0.05, 0.1) is 26.9 Å². The highest BCUT2D eigenvalue weighted by Crippen LogP contribution is 2.33. The lowest BCUT2D eigenvalue weighted by atomic mass is 10.0. The molecule has 0 aliphatic carbocycles. The number of rotatable bonds is 4. The predicted octanol–water partition coefficient (Wildman–Crippen LogP) is 3.16. The van der Waals surface area contributed by atoms with Crippen molar-refractivity contribution in [3.05, 3.63) is 48.0 Å². The van der Waals surface area contributed by atoms with E-state index in [2.05, 4.69) is 4.74 Å². The minimum Gasteiger partial charge on any atom is -0.497 e. The lowest BCUT2D eigenvalue weighted by Gasteiger charge is -2.11. The van der Waals surface area contributed by atoms with Crippen LogP contribution < -0.4 is 9.47 Å². The molecule has 2 rings (SSSR count). The predicted molar refractivity (Wildman–Crippen MR) is 76.3 cm³/mol. The largest absolute Gasteiger partial charge is 0.497 e. The van der Waals surface area contributed by atoms with Crippen LogP contribution in [0.1, 0.15) is 10.4 Å². The van der Waals surface area contributed by atoms with Gasteiger partial charge in [-0.2, -0.15) is 0 Å². The SMILES string of the molecule is COC(=O)c1ccc(-c2ccc(OC)cc2OC)cc1. The fourth-order valence-corrected chi connectivity index (χ4v) is 1.94. The molecule has 4 nitrogen and oxygen atoms in total. The Hall–Kier alpha value is -2.49. The van der Waals surface area contributed by atoms with Crippen LogP contribution in [0.25, 0.3) is 11.1 Å². The summed E-state index contributed by atoms with van der Waals surface area (Å²) in [5, 5.41) is 0. The van der Waals surface area contributed by atoms with E-state index in [4.69, 9.17) is 9.47 Å². The second kappa shape index (κ2) is 6.10. The molecule has 0 unspecified atom stereocenters. The van der Waals surface area contributed by atoms with Gasteiger partial charge in [0.25, 0.3) is 0 Å². The summed E-state index contributed by atoms with van der Waals surface area (Å²) in [6.07, 6.45) is 0. The number of methoxy groups -OCH3 is 3. The van der Waals surface area contributed by atoms with Gasteiger partial charge in [0, 0.05) is 11.6 Å². The zero-order chi connectivity index (χ0) is 14.5. The van der Waals surface area contributed by atoms with Gasteiger partial charge >= 0.3 is 5.97 Å². The van der Waals surface area contributed by atoms with Gasteiger partial charge < -0.3 is 14.2 Å². The Balaban J connectivity index is 2.38. The van der Waals surface area contributed by atoms with Gasteiger partial charge in [-0.25, -0.2) is 4.79 Å². The molecule has 0 N–H and O–H groups in total. The Kier molecular flexibility index (Phi) is 4.25. The van der Waals surface area contributed by atoms with Crippen molar-refractivity contribution in [2.24, 2.45) is 0 Å². The summed E-state index contributed by atoms with van der Waals surface area (Å²) < 4.78 is 15.2. The van der Waals surface area contributed by atoms with Crippen molar-refractivity contribution < 1.29 is 19.0 Å². The highest BCUT2D eigenvalue weighted by Gasteiger charge is 2.09. The molecule has 0 bridgehead atoms. The number of hydrogen-bond acceptors (Lipinski definition) is 4. The minimum atomic E-state index is -0.349. The number of esters is 1.